The lowest BCUT2D eigenvalue weighted by atomic mass is 10.3. The zero-order valence-corrected chi connectivity index (χ0v) is 15.4. The molecule has 0 aliphatic rings. The van der Waals surface area contributed by atoms with Gasteiger partial charge in [0.25, 0.3) is 11.2 Å². The summed E-state index contributed by atoms with van der Waals surface area (Å²) in [4.78, 5) is 34.2. The van der Waals surface area contributed by atoms with Crippen molar-refractivity contribution >= 4 is 17.3 Å². The molecule has 0 saturated carbocycles. The van der Waals surface area contributed by atoms with E-state index in [1.807, 2.05) is 12.1 Å². The molecular formula is C20H17N3O6. The fourth-order valence-electron chi connectivity index (χ4n) is 2.54. The van der Waals surface area contributed by atoms with Crippen molar-refractivity contribution < 1.29 is 19.2 Å². The molecule has 1 heterocycles. The summed E-state index contributed by atoms with van der Waals surface area (Å²) in [6.07, 6.45) is 1.03. The van der Waals surface area contributed by atoms with Crippen molar-refractivity contribution in [1.82, 2.24) is 4.57 Å². The van der Waals surface area contributed by atoms with Crippen molar-refractivity contribution in [1.29, 1.82) is 0 Å². The van der Waals surface area contributed by atoms with Crippen LogP contribution >= 0.6 is 0 Å². The topological polar surface area (TPSA) is 113 Å². The highest BCUT2D eigenvalue weighted by atomic mass is 16.6. The molecule has 2 aromatic carbocycles. The number of carbonyl (C=O) groups excluding carboxylic acids is 1. The summed E-state index contributed by atoms with van der Waals surface area (Å²) in [6, 6.07) is 16.0. The second-order valence-electron chi connectivity index (χ2n) is 5.94. The number of benzene rings is 2. The standard InChI is InChI=1S/C20H17N3O6/c1-28-17-4-2-3-5-18(17)29-16-9-6-14(7-10-16)21-19(24)13-22-12-15(23(26)27)8-11-20(22)25/h2-12H,13H2,1H3,(H,21,24). The SMILES string of the molecule is COc1ccccc1Oc1ccc(NC(=O)Cn2cc([N+](=O)[O-])ccc2=O)cc1. The summed E-state index contributed by atoms with van der Waals surface area (Å²) in [5.41, 5.74) is -0.289. The van der Waals surface area contributed by atoms with Gasteiger partial charge in [0.1, 0.15) is 12.3 Å². The van der Waals surface area contributed by atoms with Gasteiger partial charge in [-0.15, -0.1) is 0 Å². The zero-order valence-electron chi connectivity index (χ0n) is 15.4. The third-order valence-corrected chi connectivity index (χ3v) is 3.93. The highest BCUT2D eigenvalue weighted by Crippen LogP contribution is 2.31. The molecule has 148 valence electrons. The number of aromatic nitrogens is 1. The monoisotopic (exact) mass is 395 g/mol. The smallest absolute Gasteiger partial charge is 0.285 e. The first-order chi connectivity index (χ1) is 14.0. The molecule has 1 N–H and O–H groups in total. The molecule has 9 heteroatoms. The maximum absolute atomic E-state index is 12.2. The summed E-state index contributed by atoms with van der Waals surface area (Å²) in [6.45, 7) is -0.347. The Labute approximate surface area is 165 Å². The van der Waals surface area contributed by atoms with Crippen LogP contribution in [-0.2, 0) is 11.3 Å². The zero-order chi connectivity index (χ0) is 20.8. The average molecular weight is 395 g/mol. The molecule has 1 aromatic heterocycles. The first-order valence-corrected chi connectivity index (χ1v) is 8.52. The van der Waals surface area contributed by atoms with Gasteiger partial charge in [-0.2, -0.15) is 0 Å². The molecule has 0 spiro atoms. The highest BCUT2D eigenvalue weighted by molar-refractivity contribution is 5.90. The lowest BCUT2D eigenvalue weighted by Crippen LogP contribution is -2.26. The molecule has 0 aliphatic carbocycles. The van der Waals surface area contributed by atoms with Gasteiger partial charge in [0.15, 0.2) is 11.5 Å². The minimum Gasteiger partial charge on any atom is -0.493 e. The number of ether oxygens (including phenoxy) is 2. The van der Waals surface area contributed by atoms with Gasteiger partial charge in [-0.25, -0.2) is 0 Å². The number of pyridine rings is 1. The van der Waals surface area contributed by atoms with Crippen LogP contribution < -0.4 is 20.3 Å². The van der Waals surface area contributed by atoms with Crippen molar-refractivity contribution in [3.05, 3.63) is 87.3 Å². The Hall–Kier alpha value is -4.14. The Morgan fingerprint density at radius 3 is 2.41 bits per heavy atom. The van der Waals surface area contributed by atoms with Crippen molar-refractivity contribution in [3.8, 4) is 17.2 Å². The van der Waals surface area contributed by atoms with Crippen molar-refractivity contribution in [3.63, 3.8) is 0 Å². The van der Waals surface area contributed by atoms with Gasteiger partial charge < -0.3 is 14.8 Å². The molecule has 3 aromatic rings. The second kappa shape index (κ2) is 8.70. The van der Waals surface area contributed by atoms with Gasteiger partial charge >= 0.3 is 0 Å². The van der Waals surface area contributed by atoms with E-state index in [-0.39, 0.29) is 12.2 Å². The lowest BCUT2D eigenvalue weighted by Gasteiger charge is -2.11. The van der Waals surface area contributed by atoms with Gasteiger partial charge in [-0.05, 0) is 36.4 Å². The predicted molar refractivity (Wildman–Crippen MR) is 105 cm³/mol. The van der Waals surface area contributed by atoms with Crippen LogP contribution in [0, 0.1) is 10.1 Å². The third-order valence-electron chi connectivity index (χ3n) is 3.93. The number of methoxy groups -OCH3 is 1. The fraction of sp³-hybridized carbons (Fsp3) is 0.100. The Morgan fingerprint density at radius 2 is 1.76 bits per heavy atom. The van der Waals surface area contributed by atoms with Crippen LogP contribution in [0.15, 0.2) is 71.7 Å². The van der Waals surface area contributed by atoms with Crippen molar-refractivity contribution in [2.24, 2.45) is 0 Å². The predicted octanol–water partition coefficient (Wildman–Crippen LogP) is 3.20. The Kier molecular flexibility index (Phi) is 5.88. The molecule has 9 nitrogen and oxygen atoms in total. The molecule has 0 radical (unpaired) electrons. The number of nitrogens with zero attached hydrogens (tertiary/aromatic N) is 2. The summed E-state index contributed by atoms with van der Waals surface area (Å²) < 4.78 is 12.0. The molecule has 0 fully saturated rings. The van der Waals surface area contributed by atoms with Crippen LogP contribution in [-0.4, -0.2) is 22.5 Å². The van der Waals surface area contributed by atoms with Gasteiger partial charge in [-0.3, -0.25) is 24.3 Å². The molecular weight excluding hydrogens is 378 g/mol. The molecule has 0 unspecified atom stereocenters. The second-order valence-corrected chi connectivity index (χ2v) is 5.94. The molecule has 0 bridgehead atoms. The molecule has 0 atom stereocenters. The minimum absolute atomic E-state index is 0.268. The van der Waals surface area contributed by atoms with Crippen LogP contribution in [0.2, 0.25) is 0 Å². The summed E-state index contributed by atoms with van der Waals surface area (Å²) in [5.74, 6) is 1.19. The van der Waals surface area contributed by atoms with Crippen LogP contribution in [0.3, 0.4) is 0 Å². The van der Waals surface area contributed by atoms with Gasteiger partial charge in [0.2, 0.25) is 5.91 Å². The van der Waals surface area contributed by atoms with Crippen LogP contribution in [0.5, 0.6) is 17.2 Å². The largest absolute Gasteiger partial charge is 0.493 e. The van der Waals surface area contributed by atoms with Crippen LogP contribution in [0.4, 0.5) is 11.4 Å². The minimum atomic E-state index is -0.631. The molecule has 0 aliphatic heterocycles. The summed E-state index contributed by atoms with van der Waals surface area (Å²) in [7, 11) is 1.55. The number of hydrogen-bond donors (Lipinski definition) is 1. The molecule has 29 heavy (non-hydrogen) atoms. The number of nitro groups is 1. The van der Waals surface area contributed by atoms with Crippen molar-refractivity contribution in [2.45, 2.75) is 6.54 Å². The Bertz CT molecular complexity index is 1090. The average Bonchev–Trinajstić information content (AvgIpc) is 2.71. The first-order valence-electron chi connectivity index (χ1n) is 8.52. The number of para-hydroxylation sites is 2. The maximum atomic E-state index is 12.2. The van der Waals surface area contributed by atoms with E-state index in [4.69, 9.17) is 9.47 Å². The number of rotatable bonds is 7. The lowest BCUT2D eigenvalue weighted by molar-refractivity contribution is -0.385. The number of carbonyl (C=O) groups is 1. The third kappa shape index (κ3) is 4.98. The highest BCUT2D eigenvalue weighted by Gasteiger charge is 2.11. The number of anilines is 1. The van der Waals surface area contributed by atoms with E-state index in [0.717, 1.165) is 22.9 Å². The normalized spacial score (nSPS) is 10.2. The van der Waals surface area contributed by atoms with E-state index in [2.05, 4.69) is 5.32 Å². The maximum Gasteiger partial charge on any atom is 0.285 e. The Balaban J connectivity index is 1.65. The Morgan fingerprint density at radius 1 is 1.07 bits per heavy atom. The van der Waals surface area contributed by atoms with E-state index < -0.39 is 16.4 Å². The van der Waals surface area contributed by atoms with Gasteiger partial charge in [0.05, 0.1) is 18.2 Å². The van der Waals surface area contributed by atoms with E-state index in [1.54, 1.807) is 43.5 Å². The molecule has 0 saturated heterocycles. The van der Waals surface area contributed by atoms with Crippen LogP contribution in [0.25, 0.3) is 0 Å². The van der Waals surface area contributed by atoms with E-state index in [9.17, 15) is 19.7 Å². The van der Waals surface area contributed by atoms with Gasteiger partial charge in [0, 0.05) is 17.8 Å². The fourth-order valence-corrected chi connectivity index (χ4v) is 2.54. The number of hydrogen-bond acceptors (Lipinski definition) is 6. The van der Waals surface area contributed by atoms with Gasteiger partial charge in [-0.1, -0.05) is 12.1 Å². The summed E-state index contributed by atoms with van der Waals surface area (Å²) >= 11 is 0. The molecule has 1 amide bonds. The quantitative estimate of drug-likeness (QED) is 0.486. The van der Waals surface area contributed by atoms with Crippen molar-refractivity contribution in [2.75, 3.05) is 12.4 Å². The van der Waals surface area contributed by atoms with Crippen LogP contribution in [0.1, 0.15) is 0 Å². The summed E-state index contributed by atoms with van der Waals surface area (Å²) in [5, 5.41) is 13.4. The molecule has 3 rings (SSSR count). The van der Waals surface area contributed by atoms with E-state index >= 15 is 0 Å². The first kappa shape index (κ1) is 19.6. The van der Waals surface area contributed by atoms with E-state index in [1.165, 1.54) is 0 Å². The number of nitrogens with one attached hydrogen (secondary N) is 1. The number of amides is 1. The van der Waals surface area contributed by atoms with E-state index in [0.29, 0.717) is 22.9 Å².